The van der Waals surface area contributed by atoms with Crippen molar-refractivity contribution in [3.8, 4) is 22.4 Å². The minimum Gasteiger partial charge on any atom is -0.481 e. The quantitative estimate of drug-likeness (QED) is 0.0144. The molecule has 7 aromatic rings. The number of nitrogens with two attached hydrogens (primary N) is 1. The fourth-order valence-electron chi connectivity index (χ4n) is 15.9. The molecule has 536 valence electrons. The van der Waals surface area contributed by atoms with E-state index in [0.29, 0.717) is 81.0 Å². The molecular formula is C74H85N13O14S. The van der Waals surface area contributed by atoms with Crippen molar-refractivity contribution in [2.45, 2.75) is 143 Å². The van der Waals surface area contributed by atoms with Crippen LogP contribution in [-0.4, -0.2) is 155 Å². The van der Waals surface area contributed by atoms with E-state index in [1.807, 2.05) is 35.9 Å². The van der Waals surface area contributed by atoms with Gasteiger partial charge < -0.3 is 51.6 Å². The molecule has 4 bridgehead atoms. The topological polar surface area (TPSA) is 379 Å². The summed E-state index contributed by atoms with van der Waals surface area (Å²) in [6, 6.07) is 21.7. The second kappa shape index (κ2) is 31.2. The number of hydrogen-bond donors (Lipinski definition) is 8. The lowest BCUT2D eigenvalue weighted by molar-refractivity contribution is -0.236. The van der Waals surface area contributed by atoms with Crippen LogP contribution in [0.15, 0.2) is 109 Å². The number of urea groups is 1. The summed E-state index contributed by atoms with van der Waals surface area (Å²) in [5.74, 6) is -5.24. The zero-order chi connectivity index (χ0) is 72.6. The Labute approximate surface area is 592 Å². The van der Waals surface area contributed by atoms with Gasteiger partial charge in [-0.05, 0) is 148 Å². The summed E-state index contributed by atoms with van der Waals surface area (Å²) in [6.07, 6.45) is 10.9. The number of imide groups is 1. The molecule has 27 nitrogen and oxygen atoms in total. The standard InChI is InChI=1S/C74H85N13O14S/c1-43(2)62(83-58(88)18-7-6-10-29-86-59(89)25-26-60(86)90)67(95)81-56(16-12-28-76-69(75)98)66(94)79-48-21-19-45(20-22-48)38-101-71(99)85(30-27-61(91)92)31-32-100-64-47-34-72(4)39-73(5,35-47)41-74(64,40-72)42-87-44(3)52(37-78-87)49-23-24-53(80-63(49)68(96)97)46-33-51-50(13-11-15-54(51)77-36-46)65(93)84-70-82-55-14-8-9-17-57(55)102-70/h8-9,11,13-15,17,19-26,33,36-37,43,47,56,62,64H,6-7,10,12,16,18,27-32,34-35,38-42H2,1-5H3,(H,79,94)(H,81,95)(H,83,88)(H,91,92)(H,96,97)(H3,75,76,98)(H,82,84,93)/t47?,56-,62-,64?,72?,73?,74?/m0/s1. The van der Waals surface area contributed by atoms with Gasteiger partial charge in [-0.1, -0.05) is 75.8 Å². The normalized spacial score (nSPS) is 20.2. The predicted molar refractivity (Wildman–Crippen MR) is 379 cm³/mol. The summed E-state index contributed by atoms with van der Waals surface area (Å²) < 4.78 is 15.6. The maximum absolute atomic E-state index is 13.9. The van der Waals surface area contributed by atoms with Crippen molar-refractivity contribution in [3.63, 3.8) is 0 Å². The van der Waals surface area contributed by atoms with Gasteiger partial charge in [-0.15, -0.1) is 0 Å². The van der Waals surface area contributed by atoms with E-state index in [1.165, 1.54) is 28.4 Å². The molecule has 5 atom stereocenters. The molecule has 28 heteroatoms. The van der Waals surface area contributed by atoms with Crippen molar-refractivity contribution in [1.29, 1.82) is 0 Å². The number of primary amides is 1. The molecular weight excluding hydrogens is 1330 g/mol. The minimum atomic E-state index is -1.24. The number of nitrogens with zero attached hydrogens (tertiary/aromatic N) is 7. The highest BCUT2D eigenvalue weighted by molar-refractivity contribution is 7.22. The molecule has 12 rings (SSSR count). The van der Waals surface area contributed by atoms with Crippen LogP contribution >= 0.6 is 11.3 Å². The van der Waals surface area contributed by atoms with Gasteiger partial charge in [0, 0.05) is 102 Å². The van der Waals surface area contributed by atoms with Crippen LogP contribution in [0.2, 0.25) is 0 Å². The Morgan fingerprint density at radius 2 is 1.52 bits per heavy atom. The van der Waals surface area contributed by atoms with E-state index < -0.39 is 53.4 Å². The Hall–Kier alpha value is -10.5. The summed E-state index contributed by atoms with van der Waals surface area (Å²) in [5, 5.41) is 40.2. The van der Waals surface area contributed by atoms with Crippen LogP contribution in [0.4, 0.5) is 20.4 Å². The molecule has 4 fully saturated rings. The third kappa shape index (κ3) is 17.1. The summed E-state index contributed by atoms with van der Waals surface area (Å²) in [5.41, 5.74) is 9.85. The SMILES string of the molecule is Cc1c(-c2ccc(-c3cnc4cccc(C(=O)Nc5nc6ccccc6s5)c4c3)nc2C(=O)O)cnn1CC12CC3(C)CC(CC(C)(C3)C1)C2OCCN(CCC(=O)O)C(=O)OCc1ccc(NC(=O)[C@H](CCCNC(N)=O)NC(=O)[C@@H](NC(=O)CCCCCN2C(=O)C=CC2=O)C(C)C)cc1. The van der Waals surface area contributed by atoms with Crippen molar-refractivity contribution < 1.29 is 67.6 Å². The molecule has 1 aliphatic heterocycles. The van der Waals surface area contributed by atoms with Crippen molar-refractivity contribution >= 4 is 103 Å². The molecule has 9 N–H and O–H groups in total. The van der Waals surface area contributed by atoms with E-state index in [9.17, 15) is 58.2 Å². The number of unbranched alkanes of at least 4 members (excludes halogenated alkanes) is 2. The van der Waals surface area contributed by atoms with Crippen LogP contribution in [0.5, 0.6) is 0 Å². The Morgan fingerprint density at radius 1 is 0.784 bits per heavy atom. The second-order valence-electron chi connectivity index (χ2n) is 28.3. The molecule has 9 amide bonds. The average molecular weight is 1410 g/mol. The minimum absolute atomic E-state index is 0.0202. The van der Waals surface area contributed by atoms with Crippen molar-refractivity contribution in [2.75, 3.05) is 43.4 Å². The Balaban J connectivity index is 0.716. The number of amides is 9. The number of carbonyl (C=O) groups is 10. The number of carbonyl (C=O) groups excluding carboxylic acids is 8. The molecule has 4 aliphatic carbocycles. The van der Waals surface area contributed by atoms with Gasteiger partial charge in [0.15, 0.2) is 10.8 Å². The predicted octanol–water partition coefficient (Wildman–Crippen LogP) is 9.63. The zero-order valence-corrected chi connectivity index (χ0v) is 58.4. The molecule has 5 heterocycles. The first-order chi connectivity index (χ1) is 48.7. The summed E-state index contributed by atoms with van der Waals surface area (Å²) in [7, 11) is 0. The Morgan fingerprint density at radius 3 is 2.23 bits per heavy atom. The average Bonchev–Trinajstić information content (AvgIpc) is 0.872. The number of nitrogens with one attached hydrogen (secondary N) is 5. The lowest BCUT2D eigenvalue weighted by Crippen LogP contribution is -2.64. The maximum atomic E-state index is 13.9. The van der Waals surface area contributed by atoms with E-state index in [1.54, 1.807) is 86.9 Å². The highest BCUT2D eigenvalue weighted by Crippen LogP contribution is 2.70. The molecule has 102 heavy (non-hydrogen) atoms. The number of fused-ring (bicyclic) bond motifs is 2. The molecule has 5 aliphatic rings. The first-order valence-electron chi connectivity index (χ1n) is 34.4. The van der Waals surface area contributed by atoms with Crippen LogP contribution in [0.25, 0.3) is 43.5 Å². The second-order valence-corrected chi connectivity index (χ2v) is 29.4. The van der Waals surface area contributed by atoms with E-state index in [0.717, 1.165) is 52.9 Å². The van der Waals surface area contributed by atoms with E-state index >= 15 is 0 Å². The largest absolute Gasteiger partial charge is 0.481 e. The van der Waals surface area contributed by atoms with Crippen LogP contribution < -0.4 is 32.3 Å². The molecule has 4 aromatic heterocycles. The number of aliphatic carboxylic acids is 1. The fourth-order valence-corrected chi connectivity index (χ4v) is 16.8. The van der Waals surface area contributed by atoms with E-state index in [4.69, 9.17) is 25.3 Å². The third-order valence-electron chi connectivity index (χ3n) is 19.8. The molecule has 0 saturated heterocycles. The van der Waals surface area contributed by atoms with Gasteiger partial charge in [-0.3, -0.25) is 53.4 Å². The number of carboxylic acid groups (broad SMARTS) is 2. The van der Waals surface area contributed by atoms with Gasteiger partial charge in [-0.25, -0.2) is 24.4 Å². The van der Waals surface area contributed by atoms with Crippen LogP contribution in [0.1, 0.15) is 137 Å². The number of pyridine rings is 2. The summed E-state index contributed by atoms with van der Waals surface area (Å²) in [6.45, 7) is 10.7. The van der Waals surface area contributed by atoms with Crippen molar-refractivity contribution in [2.24, 2.45) is 33.8 Å². The molecule has 0 spiro atoms. The first-order valence-corrected chi connectivity index (χ1v) is 35.2. The molecule has 4 saturated carbocycles. The number of hydrogen-bond acceptors (Lipinski definition) is 17. The molecule has 3 unspecified atom stereocenters. The first kappa shape index (κ1) is 72.8. The number of anilines is 2. The summed E-state index contributed by atoms with van der Waals surface area (Å²) in [4.78, 5) is 145. The fraction of sp³-hybridized carbons (Fsp3) is 0.432. The lowest BCUT2D eigenvalue weighted by atomic mass is 9.39. The number of ether oxygens (including phenoxy) is 2. The summed E-state index contributed by atoms with van der Waals surface area (Å²) >= 11 is 1.37. The number of aromatic carboxylic acids is 1. The highest BCUT2D eigenvalue weighted by atomic mass is 32.1. The van der Waals surface area contributed by atoms with Crippen LogP contribution in [-0.2, 0) is 51.4 Å². The van der Waals surface area contributed by atoms with Gasteiger partial charge in [0.25, 0.3) is 17.7 Å². The maximum Gasteiger partial charge on any atom is 0.410 e. The zero-order valence-electron chi connectivity index (χ0n) is 57.6. The Kier molecular flexibility index (Phi) is 22.2. The number of para-hydroxylation sites is 1. The third-order valence-corrected chi connectivity index (χ3v) is 20.8. The number of benzene rings is 3. The molecule has 0 radical (unpaired) electrons. The number of thiazole rings is 1. The Bertz CT molecular complexity index is 4350. The number of rotatable bonds is 32. The molecule has 3 aromatic carbocycles. The van der Waals surface area contributed by atoms with Crippen molar-refractivity contribution in [1.82, 2.24) is 50.5 Å². The van der Waals surface area contributed by atoms with Crippen LogP contribution in [0, 0.1) is 35.0 Å². The van der Waals surface area contributed by atoms with Crippen LogP contribution in [0.3, 0.4) is 0 Å². The van der Waals surface area contributed by atoms with Gasteiger partial charge in [-0.2, -0.15) is 5.10 Å². The van der Waals surface area contributed by atoms with Gasteiger partial charge in [0.05, 0.1) is 46.8 Å². The van der Waals surface area contributed by atoms with Gasteiger partial charge >= 0.3 is 24.1 Å². The van der Waals surface area contributed by atoms with E-state index in [2.05, 4.69) is 50.4 Å². The smallest absolute Gasteiger partial charge is 0.410 e. The number of aromatic nitrogens is 5. The van der Waals surface area contributed by atoms with Gasteiger partial charge in [0.1, 0.15) is 18.7 Å². The lowest BCUT2D eigenvalue weighted by Gasteiger charge is -2.68. The highest BCUT2D eigenvalue weighted by Gasteiger charge is 2.65. The van der Waals surface area contributed by atoms with Gasteiger partial charge in [0.2, 0.25) is 17.7 Å². The monoisotopic (exact) mass is 1410 g/mol. The van der Waals surface area contributed by atoms with Crippen molar-refractivity contribution in [3.05, 3.63) is 132 Å². The van der Waals surface area contributed by atoms with E-state index in [-0.39, 0.29) is 123 Å². The number of carboxylic acids is 2.